The summed E-state index contributed by atoms with van der Waals surface area (Å²) in [6, 6.07) is 8.07. The van der Waals surface area contributed by atoms with Crippen molar-refractivity contribution >= 4 is 11.5 Å². The Balaban J connectivity index is 2.28. The second-order valence-electron chi connectivity index (χ2n) is 4.82. The zero-order valence-electron chi connectivity index (χ0n) is 10.4. The lowest BCUT2D eigenvalue weighted by molar-refractivity contribution is -0.130. The third kappa shape index (κ3) is 1.51. The Bertz CT molecular complexity index is 572. The molecule has 0 bridgehead atoms. The van der Waals surface area contributed by atoms with Crippen molar-refractivity contribution in [2.24, 2.45) is 5.84 Å². The van der Waals surface area contributed by atoms with Gasteiger partial charge in [0.25, 0.3) is 0 Å². The van der Waals surface area contributed by atoms with Crippen molar-refractivity contribution in [1.82, 2.24) is 5.01 Å². The summed E-state index contributed by atoms with van der Waals surface area (Å²) in [5, 5.41) is 1.35. The first-order valence-electron chi connectivity index (χ1n) is 6.28. The largest absolute Gasteiger partial charge is 0.272 e. The standard InChI is InChI=1S/C15H16N2O/c1-10-11-6-2-3-7-12(11)13-8-4-5-9-14(13)17(16)15(10)18/h2-4,6-8,10H,5,9,16H2,1H3. The third-order valence-electron chi connectivity index (χ3n) is 3.76. The number of allylic oxidation sites excluding steroid dienone is 4. The van der Waals surface area contributed by atoms with Crippen LogP contribution in [0.3, 0.4) is 0 Å². The quantitative estimate of drug-likeness (QED) is 0.559. The molecule has 0 spiro atoms. The summed E-state index contributed by atoms with van der Waals surface area (Å²) in [5.41, 5.74) is 4.24. The Morgan fingerprint density at radius 2 is 2.11 bits per heavy atom. The van der Waals surface area contributed by atoms with Crippen LogP contribution < -0.4 is 5.84 Å². The van der Waals surface area contributed by atoms with Gasteiger partial charge in [0, 0.05) is 11.3 Å². The van der Waals surface area contributed by atoms with Crippen LogP contribution in [0.15, 0.2) is 42.1 Å². The summed E-state index contributed by atoms with van der Waals surface area (Å²) in [6.07, 6.45) is 6.00. The number of hydrogen-bond acceptors (Lipinski definition) is 2. The molecule has 0 fully saturated rings. The normalized spacial score (nSPS) is 22.7. The first-order valence-corrected chi connectivity index (χ1v) is 6.28. The molecule has 1 aliphatic carbocycles. The summed E-state index contributed by atoms with van der Waals surface area (Å²) in [7, 11) is 0. The zero-order chi connectivity index (χ0) is 12.7. The number of nitrogens with zero attached hydrogens (tertiary/aromatic N) is 1. The molecule has 1 aromatic rings. The molecule has 2 N–H and O–H groups in total. The van der Waals surface area contributed by atoms with Crippen LogP contribution >= 0.6 is 0 Å². The highest BCUT2D eigenvalue weighted by molar-refractivity contribution is 5.93. The molecule has 3 nitrogen and oxygen atoms in total. The lowest BCUT2D eigenvalue weighted by Gasteiger charge is -2.23. The minimum atomic E-state index is -0.190. The van der Waals surface area contributed by atoms with Gasteiger partial charge in [-0.25, -0.2) is 5.84 Å². The van der Waals surface area contributed by atoms with E-state index in [1.54, 1.807) is 0 Å². The Morgan fingerprint density at radius 1 is 1.33 bits per heavy atom. The number of fused-ring (bicyclic) bond motifs is 2. The third-order valence-corrected chi connectivity index (χ3v) is 3.76. The first kappa shape index (κ1) is 11.2. The minimum Gasteiger partial charge on any atom is -0.272 e. The lowest BCUT2D eigenvalue weighted by atomic mass is 9.90. The topological polar surface area (TPSA) is 46.3 Å². The van der Waals surface area contributed by atoms with Crippen LogP contribution in [0.4, 0.5) is 0 Å². The fourth-order valence-electron chi connectivity index (χ4n) is 2.74. The van der Waals surface area contributed by atoms with Gasteiger partial charge in [0.05, 0.1) is 5.92 Å². The van der Waals surface area contributed by atoms with E-state index < -0.39 is 0 Å². The highest BCUT2D eigenvalue weighted by Gasteiger charge is 2.30. The summed E-state index contributed by atoms with van der Waals surface area (Å²) in [4.78, 5) is 12.3. The van der Waals surface area contributed by atoms with Gasteiger partial charge in [-0.15, -0.1) is 0 Å². The highest BCUT2D eigenvalue weighted by Crippen LogP contribution is 2.37. The van der Waals surface area contributed by atoms with Crippen molar-refractivity contribution in [3.63, 3.8) is 0 Å². The predicted octanol–water partition coefficient (Wildman–Crippen LogP) is 2.57. The second-order valence-corrected chi connectivity index (χ2v) is 4.82. The molecule has 1 aliphatic heterocycles. The van der Waals surface area contributed by atoms with Crippen LogP contribution in [0.2, 0.25) is 0 Å². The van der Waals surface area contributed by atoms with E-state index in [4.69, 9.17) is 5.84 Å². The van der Waals surface area contributed by atoms with Crippen LogP contribution in [-0.2, 0) is 4.79 Å². The van der Waals surface area contributed by atoms with Gasteiger partial charge >= 0.3 is 0 Å². The van der Waals surface area contributed by atoms with Crippen molar-refractivity contribution in [2.75, 3.05) is 0 Å². The molecular weight excluding hydrogens is 224 g/mol. The minimum absolute atomic E-state index is 0.0252. The Morgan fingerprint density at radius 3 is 2.94 bits per heavy atom. The lowest BCUT2D eigenvalue weighted by Crippen LogP contribution is -2.38. The maximum Gasteiger partial charge on any atom is 0.248 e. The number of rotatable bonds is 0. The van der Waals surface area contributed by atoms with Crippen molar-refractivity contribution < 1.29 is 4.79 Å². The average Bonchev–Trinajstić information content (AvgIpc) is 2.51. The molecule has 1 heterocycles. The number of hydrogen-bond donors (Lipinski definition) is 1. The molecule has 0 aromatic heterocycles. The summed E-state index contributed by atoms with van der Waals surface area (Å²) in [5.74, 6) is 5.78. The van der Waals surface area contributed by atoms with Gasteiger partial charge in [-0.1, -0.05) is 36.4 Å². The molecule has 18 heavy (non-hydrogen) atoms. The van der Waals surface area contributed by atoms with Gasteiger partial charge in [0.2, 0.25) is 5.91 Å². The van der Waals surface area contributed by atoms with Crippen molar-refractivity contribution in [3.8, 4) is 0 Å². The molecule has 0 saturated heterocycles. The van der Waals surface area contributed by atoms with E-state index in [1.807, 2.05) is 25.1 Å². The molecule has 3 rings (SSSR count). The maximum atomic E-state index is 12.3. The van der Waals surface area contributed by atoms with Crippen LogP contribution in [0.1, 0.15) is 36.8 Å². The van der Waals surface area contributed by atoms with E-state index in [1.165, 1.54) is 5.01 Å². The molecule has 92 valence electrons. The Kier molecular flexibility index (Phi) is 2.56. The van der Waals surface area contributed by atoms with Gasteiger partial charge in [0.15, 0.2) is 0 Å². The molecule has 0 radical (unpaired) electrons. The Hall–Kier alpha value is -1.87. The van der Waals surface area contributed by atoms with E-state index in [-0.39, 0.29) is 11.8 Å². The number of carbonyl (C=O) groups is 1. The number of nitrogens with two attached hydrogens (primary N) is 1. The van der Waals surface area contributed by atoms with Crippen molar-refractivity contribution in [3.05, 3.63) is 53.2 Å². The van der Waals surface area contributed by atoms with Gasteiger partial charge in [0.1, 0.15) is 0 Å². The molecule has 1 atom stereocenters. The van der Waals surface area contributed by atoms with E-state index >= 15 is 0 Å². The van der Waals surface area contributed by atoms with E-state index in [2.05, 4.69) is 18.2 Å². The fraction of sp³-hybridized carbons (Fsp3) is 0.267. The van der Waals surface area contributed by atoms with Crippen molar-refractivity contribution in [2.45, 2.75) is 25.7 Å². The summed E-state index contributed by atoms with van der Waals surface area (Å²) >= 11 is 0. The van der Waals surface area contributed by atoms with Crippen LogP contribution in [0.5, 0.6) is 0 Å². The molecule has 1 unspecified atom stereocenters. The van der Waals surface area contributed by atoms with Gasteiger partial charge in [-0.2, -0.15) is 0 Å². The molecule has 0 saturated carbocycles. The summed E-state index contributed by atoms with van der Waals surface area (Å²) < 4.78 is 0. The van der Waals surface area contributed by atoms with E-state index in [9.17, 15) is 4.79 Å². The smallest absolute Gasteiger partial charge is 0.248 e. The molecule has 1 amide bonds. The maximum absolute atomic E-state index is 12.3. The van der Waals surface area contributed by atoms with E-state index in [0.29, 0.717) is 0 Å². The predicted molar refractivity (Wildman–Crippen MR) is 71.2 cm³/mol. The van der Waals surface area contributed by atoms with Crippen LogP contribution in [-0.4, -0.2) is 10.9 Å². The second kappa shape index (κ2) is 4.10. The molecule has 1 aromatic carbocycles. The first-order chi connectivity index (χ1) is 8.70. The van der Waals surface area contributed by atoms with Gasteiger partial charge in [-0.05, 0) is 30.9 Å². The zero-order valence-corrected chi connectivity index (χ0v) is 10.4. The molecule has 2 aliphatic rings. The van der Waals surface area contributed by atoms with Gasteiger partial charge in [-0.3, -0.25) is 9.80 Å². The monoisotopic (exact) mass is 240 g/mol. The Labute approximate surface area is 107 Å². The SMILES string of the molecule is CC1C(=O)N(N)C2=C(C=CCC2)c2ccccc21. The van der Waals surface area contributed by atoms with Crippen molar-refractivity contribution in [1.29, 1.82) is 0 Å². The van der Waals surface area contributed by atoms with Crippen LogP contribution in [0.25, 0.3) is 5.57 Å². The molecule has 3 heteroatoms. The van der Waals surface area contributed by atoms with Crippen LogP contribution in [0, 0.1) is 0 Å². The van der Waals surface area contributed by atoms with Gasteiger partial charge < -0.3 is 0 Å². The number of carbonyl (C=O) groups excluding carboxylic acids is 1. The number of amides is 1. The van der Waals surface area contributed by atoms with E-state index in [0.717, 1.165) is 35.2 Å². The average molecular weight is 240 g/mol. The highest BCUT2D eigenvalue weighted by atomic mass is 16.2. The summed E-state index contributed by atoms with van der Waals surface area (Å²) in [6.45, 7) is 1.92. The fourth-order valence-corrected chi connectivity index (χ4v) is 2.74. The number of hydrazine groups is 1. The molecular formula is C15H16N2O. The number of benzene rings is 1.